The van der Waals surface area contributed by atoms with Crippen LogP contribution >= 0.6 is 11.3 Å². The number of hydrogen-bond donors (Lipinski definition) is 1. The molecule has 4 heteroatoms. The molecule has 0 spiro atoms. The van der Waals surface area contributed by atoms with Gasteiger partial charge < -0.3 is 5.32 Å². The Balaban J connectivity index is 1.86. The van der Waals surface area contributed by atoms with Crippen molar-refractivity contribution in [2.45, 2.75) is 25.4 Å². The van der Waals surface area contributed by atoms with Gasteiger partial charge in [0.05, 0.1) is 5.51 Å². The van der Waals surface area contributed by atoms with E-state index < -0.39 is 0 Å². The zero-order chi connectivity index (χ0) is 9.80. The zero-order valence-corrected chi connectivity index (χ0v) is 9.39. The van der Waals surface area contributed by atoms with Crippen molar-refractivity contribution >= 4 is 11.3 Å². The van der Waals surface area contributed by atoms with Crippen molar-refractivity contribution in [1.29, 1.82) is 0 Å². The van der Waals surface area contributed by atoms with E-state index in [-0.39, 0.29) is 0 Å². The van der Waals surface area contributed by atoms with Crippen LogP contribution in [0.15, 0.2) is 11.7 Å². The molecule has 1 atom stereocenters. The highest BCUT2D eigenvalue weighted by atomic mass is 32.1. The average Bonchev–Trinajstić information content (AvgIpc) is 2.71. The molecule has 78 valence electrons. The molecule has 1 aromatic heterocycles. The Labute approximate surface area is 89.1 Å². The standard InChI is InChI=1S/C10H17N3S/c1-11-9-3-2-4-13(6-9)7-10-5-12-8-14-10/h5,8-9,11H,2-4,6-7H2,1H3/t9-/m1/s1. The van der Waals surface area contributed by atoms with Gasteiger partial charge in [0.1, 0.15) is 0 Å². The van der Waals surface area contributed by atoms with Gasteiger partial charge in [0.15, 0.2) is 0 Å². The van der Waals surface area contributed by atoms with Gasteiger partial charge in [-0.3, -0.25) is 9.88 Å². The zero-order valence-electron chi connectivity index (χ0n) is 8.57. The molecule has 0 saturated carbocycles. The van der Waals surface area contributed by atoms with Gasteiger partial charge in [0.25, 0.3) is 0 Å². The van der Waals surface area contributed by atoms with Crippen molar-refractivity contribution in [2.75, 3.05) is 20.1 Å². The molecule has 2 heterocycles. The number of rotatable bonds is 3. The molecular weight excluding hydrogens is 194 g/mol. The molecule has 0 aromatic carbocycles. The lowest BCUT2D eigenvalue weighted by atomic mass is 10.1. The van der Waals surface area contributed by atoms with E-state index in [1.54, 1.807) is 11.3 Å². The summed E-state index contributed by atoms with van der Waals surface area (Å²) < 4.78 is 0. The molecule has 1 aliphatic rings. The highest BCUT2D eigenvalue weighted by Gasteiger charge is 2.18. The summed E-state index contributed by atoms with van der Waals surface area (Å²) in [6.07, 6.45) is 4.60. The topological polar surface area (TPSA) is 28.2 Å². The molecule has 0 amide bonds. The molecule has 1 aromatic rings. The fraction of sp³-hybridized carbons (Fsp3) is 0.700. The average molecular weight is 211 g/mol. The number of piperidine rings is 1. The molecule has 1 saturated heterocycles. The first-order valence-electron chi connectivity index (χ1n) is 5.15. The predicted octanol–water partition coefficient (Wildman–Crippen LogP) is 1.33. The largest absolute Gasteiger partial charge is 0.316 e. The second kappa shape index (κ2) is 4.87. The molecular formula is C10H17N3S. The van der Waals surface area contributed by atoms with Crippen LogP contribution < -0.4 is 5.32 Å². The first kappa shape index (κ1) is 10.1. The Morgan fingerprint density at radius 1 is 1.71 bits per heavy atom. The summed E-state index contributed by atoms with van der Waals surface area (Å²) >= 11 is 1.75. The number of nitrogens with zero attached hydrogens (tertiary/aromatic N) is 2. The van der Waals surface area contributed by atoms with Crippen LogP contribution in [0.3, 0.4) is 0 Å². The lowest BCUT2D eigenvalue weighted by molar-refractivity contribution is 0.189. The quantitative estimate of drug-likeness (QED) is 0.817. The molecule has 14 heavy (non-hydrogen) atoms. The lowest BCUT2D eigenvalue weighted by Gasteiger charge is -2.31. The molecule has 2 rings (SSSR count). The fourth-order valence-electron chi connectivity index (χ4n) is 1.98. The highest BCUT2D eigenvalue weighted by molar-refractivity contribution is 7.09. The first-order chi connectivity index (χ1) is 6.88. The summed E-state index contributed by atoms with van der Waals surface area (Å²) in [6, 6.07) is 0.677. The number of likely N-dealkylation sites (tertiary alicyclic amines) is 1. The van der Waals surface area contributed by atoms with Crippen LogP contribution in [0.25, 0.3) is 0 Å². The van der Waals surface area contributed by atoms with Gasteiger partial charge in [-0.1, -0.05) is 0 Å². The second-order valence-corrected chi connectivity index (χ2v) is 4.80. The Kier molecular flexibility index (Phi) is 3.50. The van der Waals surface area contributed by atoms with E-state index in [4.69, 9.17) is 0 Å². The van der Waals surface area contributed by atoms with E-state index in [2.05, 4.69) is 22.2 Å². The van der Waals surface area contributed by atoms with Crippen molar-refractivity contribution in [3.63, 3.8) is 0 Å². The van der Waals surface area contributed by atoms with Gasteiger partial charge in [-0.25, -0.2) is 0 Å². The molecule has 1 aliphatic heterocycles. The van der Waals surface area contributed by atoms with Crippen molar-refractivity contribution < 1.29 is 0 Å². The van der Waals surface area contributed by atoms with E-state index in [0.29, 0.717) is 6.04 Å². The Hall–Kier alpha value is -0.450. The van der Waals surface area contributed by atoms with Gasteiger partial charge in [-0.2, -0.15) is 0 Å². The minimum absolute atomic E-state index is 0.677. The van der Waals surface area contributed by atoms with E-state index in [9.17, 15) is 0 Å². The molecule has 0 bridgehead atoms. The SMILES string of the molecule is CN[C@@H]1CCCN(Cc2cncs2)C1. The Bertz CT molecular complexity index is 260. The van der Waals surface area contributed by atoms with Crippen LogP contribution in [0, 0.1) is 0 Å². The van der Waals surface area contributed by atoms with Gasteiger partial charge in [-0.05, 0) is 26.4 Å². The van der Waals surface area contributed by atoms with Crippen molar-refractivity contribution in [1.82, 2.24) is 15.2 Å². The fourth-order valence-corrected chi connectivity index (χ4v) is 2.61. The third-order valence-corrected chi connectivity index (χ3v) is 3.54. The smallest absolute Gasteiger partial charge is 0.0794 e. The maximum atomic E-state index is 4.10. The maximum Gasteiger partial charge on any atom is 0.0794 e. The van der Waals surface area contributed by atoms with Gasteiger partial charge in [0, 0.05) is 30.2 Å². The molecule has 3 nitrogen and oxygen atoms in total. The number of thiazole rings is 1. The van der Waals surface area contributed by atoms with E-state index in [1.807, 2.05) is 11.7 Å². The normalized spacial score (nSPS) is 23.9. The molecule has 0 unspecified atom stereocenters. The number of likely N-dealkylation sites (N-methyl/N-ethyl adjacent to an activating group) is 1. The number of aromatic nitrogens is 1. The summed E-state index contributed by atoms with van der Waals surface area (Å²) in [4.78, 5) is 7.99. The molecule has 0 radical (unpaired) electrons. The summed E-state index contributed by atoms with van der Waals surface area (Å²) in [6.45, 7) is 3.48. The van der Waals surface area contributed by atoms with Crippen LogP contribution in [-0.2, 0) is 6.54 Å². The predicted molar refractivity (Wildman–Crippen MR) is 59.5 cm³/mol. The van der Waals surface area contributed by atoms with Crippen molar-refractivity contribution in [3.05, 3.63) is 16.6 Å². The first-order valence-corrected chi connectivity index (χ1v) is 6.03. The minimum atomic E-state index is 0.677. The third kappa shape index (κ3) is 2.53. The van der Waals surface area contributed by atoms with Crippen LogP contribution in [0.2, 0.25) is 0 Å². The summed E-state index contributed by atoms with van der Waals surface area (Å²) in [7, 11) is 2.06. The van der Waals surface area contributed by atoms with Gasteiger partial charge in [-0.15, -0.1) is 11.3 Å². The molecule has 1 fully saturated rings. The monoisotopic (exact) mass is 211 g/mol. The molecule has 0 aliphatic carbocycles. The van der Waals surface area contributed by atoms with Crippen LogP contribution in [-0.4, -0.2) is 36.1 Å². The van der Waals surface area contributed by atoms with E-state index >= 15 is 0 Å². The Morgan fingerprint density at radius 3 is 3.36 bits per heavy atom. The van der Waals surface area contributed by atoms with E-state index in [1.165, 1.54) is 30.8 Å². The molecule has 1 N–H and O–H groups in total. The lowest BCUT2D eigenvalue weighted by Crippen LogP contribution is -2.43. The minimum Gasteiger partial charge on any atom is -0.316 e. The van der Waals surface area contributed by atoms with E-state index in [0.717, 1.165) is 6.54 Å². The van der Waals surface area contributed by atoms with Crippen molar-refractivity contribution in [3.8, 4) is 0 Å². The van der Waals surface area contributed by atoms with Crippen LogP contribution in [0.5, 0.6) is 0 Å². The van der Waals surface area contributed by atoms with Gasteiger partial charge >= 0.3 is 0 Å². The second-order valence-electron chi connectivity index (χ2n) is 3.83. The number of nitrogens with one attached hydrogen (secondary N) is 1. The summed E-state index contributed by atoms with van der Waals surface area (Å²) in [5.74, 6) is 0. The van der Waals surface area contributed by atoms with Gasteiger partial charge in [0.2, 0.25) is 0 Å². The maximum absolute atomic E-state index is 4.10. The van der Waals surface area contributed by atoms with Crippen LogP contribution in [0.4, 0.5) is 0 Å². The third-order valence-electron chi connectivity index (χ3n) is 2.78. The Morgan fingerprint density at radius 2 is 2.64 bits per heavy atom. The number of hydrogen-bond acceptors (Lipinski definition) is 4. The van der Waals surface area contributed by atoms with Crippen molar-refractivity contribution in [2.24, 2.45) is 0 Å². The van der Waals surface area contributed by atoms with Crippen LogP contribution in [0.1, 0.15) is 17.7 Å². The summed E-state index contributed by atoms with van der Waals surface area (Å²) in [5.41, 5.74) is 1.91. The highest BCUT2D eigenvalue weighted by Crippen LogP contribution is 2.15. The summed E-state index contributed by atoms with van der Waals surface area (Å²) in [5, 5.41) is 3.36.